The van der Waals surface area contributed by atoms with Gasteiger partial charge in [0.25, 0.3) is 0 Å². The fourth-order valence-corrected chi connectivity index (χ4v) is 0.467. The van der Waals surface area contributed by atoms with Crippen LogP contribution in [0, 0.1) is 0 Å². The Kier molecular flexibility index (Phi) is 1.44. The van der Waals surface area contributed by atoms with E-state index in [1.165, 1.54) is 6.33 Å². The highest BCUT2D eigenvalue weighted by molar-refractivity contribution is 5.66. The van der Waals surface area contributed by atoms with Crippen molar-refractivity contribution in [2.75, 3.05) is 5.32 Å². The summed E-state index contributed by atoms with van der Waals surface area (Å²) in [6, 6.07) is 0. The van der Waals surface area contributed by atoms with E-state index in [4.69, 9.17) is 0 Å². The molecule has 0 aromatic carbocycles. The van der Waals surface area contributed by atoms with Crippen LogP contribution in [0.5, 0.6) is 0 Å². The first-order valence-corrected chi connectivity index (χ1v) is 2.39. The average Bonchev–Trinajstić information content (AvgIpc) is 2.18. The molecule has 1 N–H and O–H groups in total. The fraction of sp³-hybridized carbons (Fsp3) is 0.250. The molecule has 48 valence electrons. The van der Waals surface area contributed by atoms with Crippen LogP contribution in [-0.4, -0.2) is 21.2 Å². The first-order chi connectivity index (χ1) is 4.34. The number of aryl methyl sites for hydroxylation is 1. The quantitative estimate of drug-likeness (QED) is 0.537. The second kappa shape index (κ2) is 2.25. The van der Waals surface area contributed by atoms with Crippen LogP contribution in [0.25, 0.3) is 0 Å². The standard InChI is InChI=1S/C4H6N4O/c1-8-2-6-7-4(8)5-3-9/h2-3H,1H3,(H,5,7,9). The molecule has 1 rings (SSSR count). The topological polar surface area (TPSA) is 59.8 Å². The lowest BCUT2D eigenvalue weighted by Gasteiger charge is -1.92. The Morgan fingerprint density at radius 3 is 3.11 bits per heavy atom. The molecule has 0 fully saturated rings. The highest BCUT2D eigenvalue weighted by Gasteiger charge is 1.94. The van der Waals surface area contributed by atoms with E-state index in [9.17, 15) is 4.79 Å². The molecule has 1 heterocycles. The third-order valence-electron chi connectivity index (χ3n) is 0.899. The van der Waals surface area contributed by atoms with Crippen molar-refractivity contribution in [1.29, 1.82) is 0 Å². The number of hydrogen-bond acceptors (Lipinski definition) is 3. The van der Waals surface area contributed by atoms with E-state index in [0.29, 0.717) is 12.4 Å². The van der Waals surface area contributed by atoms with Gasteiger partial charge in [0.05, 0.1) is 0 Å². The third kappa shape index (κ3) is 1.04. The zero-order valence-electron chi connectivity index (χ0n) is 4.90. The normalized spacial score (nSPS) is 9.00. The maximum atomic E-state index is 9.83. The Labute approximate surface area is 51.7 Å². The van der Waals surface area contributed by atoms with Crippen LogP contribution in [-0.2, 0) is 11.8 Å². The van der Waals surface area contributed by atoms with E-state index in [2.05, 4.69) is 15.5 Å². The minimum atomic E-state index is 0.449. The Morgan fingerprint density at radius 2 is 2.67 bits per heavy atom. The molecule has 0 unspecified atom stereocenters. The van der Waals surface area contributed by atoms with Gasteiger partial charge in [-0.25, -0.2) is 0 Å². The van der Waals surface area contributed by atoms with Gasteiger partial charge in [-0.2, -0.15) is 0 Å². The van der Waals surface area contributed by atoms with Gasteiger partial charge < -0.3 is 4.57 Å². The second-order valence-electron chi connectivity index (χ2n) is 1.53. The molecule has 5 nitrogen and oxygen atoms in total. The molecule has 0 atom stereocenters. The Bertz CT molecular complexity index is 206. The average molecular weight is 126 g/mol. The van der Waals surface area contributed by atoms with Crippen molar-refractivity contribution in [3.63, 3.8) is 0 Å². The molecular formula is C4H6N4O. The van der Waals surface area contributed by atoms with Crippen molar-refractivity contribution in [3.8, 4) is 0 Å². The van der Waals surface area contributed by atoms with Crippen LogP contribution in [0.3, 0.4) is 0 Å². The predicted octanol–water partition coefficient (Wildman–Crippen LogP) is -0.617. The van der Waals surface area contributed by atoms with Gasteiger partial charge in [0.2, 0.25) is 12.4 Å². The van der Waals surface area contributed by atoms with Crippen molar-refractivity contribution < 1.29 is 4.79 Å². The van der Waals surface area contributed by atoms with Crippen molar-refractivity contribution in [1.82, 2.24) is 14.8 Å². The number of rotatable bonds is 2. The van der Waals surface area contributed by atoms with Crippen LogP contribution in [0.4, 0.5) is 5.95 Å². The molecule has 1 amide bonds. The maximum absolute atomic E-state index is 9.83. The molecule has 5 heteroatoms. The maximum Gasteiger partial charge on any atom is 0.230 e. The number of carbonyl (C=O) groups excluding carboxylic acids is 1. The smallest absolute Gasteiger partial charge is 0.230 e. The predicted molar refractivity (Wildman–Crippen MR) is 30.7 cm³/mol. The SMILES string of the molecule is Cn1cnnc1NC=O. The van der Waals surface area contributed by atoms with Gasteiger partial charge in [0.15, 0.2) is 0 Å². The molecule has 0 aliphatic carbocycles. The molecule has 0 spiro atoms. The number of hydrogen-bond donors (Lipinski definition) is 1. The van der Waals surface area contributed by atoms with Crippen LogP contribution < -0.4 is 5.32 Å². The number of nitrogens with zero attached hydrogens (tertiary/aromatic N) is 3. The molecule has 9 heavy (non-hydrogen) atoms. The Morgan fingerprint density at radius 1 is 1.89 bits per heavy atom. The summed E-state index contributed by atoms with van der Waals surface area (Å²) < 4.78 is 1.61. The zero-order chi connectivity index (χ0) is 6.69. The molecule has 0 saturated heterocycles. The van der Waals surface area contributed by atoms with Gasteiger partial charge in [0, 0.05) is 7.05 Å². The summed E-state index contributed by atoms with van der Waals surface area (Å²) in [7, 11) is 1.74. The van der Waals surface area contributed by atoms with Crippen molar-refractivity contribution >= 4 is 12.4 Å². The minimum absolute atomic E-state index is 0.449. The van der Waals surface area contributed by atoms with Gasteiger partial charge >= 0.3 is 0 Å². The number of anilines is 1. The summed E-state index contributed by atoms with van der Waals surface area (Å²) in [5.74, 6) is 0.449. The van der Waals surface area contributed by atoms with Gasteiger partial charge in [-0.15, -0.1) is 10.2 Å². The Balaban J connectivity index is 2.80. The zero-order valence-corrected chi connectivity index (χ0v) is 4.90. The van der Waals surface area contributed by atoms with Crippen molar-refractivity contribution in [2.45, 2.75) is 0 Å². The van der Waals surface area contributed by atoms with Gasteiger partial charge in [-0.1, -0.05) is 0 Å². The molecule has 0 radical (unpaired) electrons. The third-order valence-corrected chi connectivity index (χ3v) is 0.899. The van der Waals surface area contributed by atoms with Gasteiger partial charge in [0.1, 0.15) is 6.33 Å². The monoisotopic (exact) mass is 126 g/mol. The van der Waals surface area contributed by atoms with Crippen molar-refractivity contribution in [2.24, 2.45) is 7.05 Å². The lowest BCUT2D eigenvalue weighted by Crippen LogP contribution is -2.00. The van der Waals surface area contributed by atoms with Crippen LogP contribution >= 0.6 is 0 Å². The van der Waals surface area contributed by atoms with E-state index in [1.54, 1.807) is 11.6 Å². The summed E-state index contributed by atoms with van der Waals surface area (Å²) in [5, 5.41) is 9.47. The lowest BCUT2D eigenvalue weighted by molar-refractivity contribution is -0.105. The number of nitrogens with one attached hydrogen (secondary N) is 1. The van der Waals surface area contributed by atoms with E-state index in [1.807, 2.05) is 0 Å². The second-order valence-corrected chi connectivity index (χ2v) is 1.53. The van der Waals surface area contributed by atoms with E-state index < -0.39 is 0 Å². The van der Waals surface area contributed by atoms with Gasteiger partial charge in [-0.05, 0) is 0 Å². The molecule has 0 bridgehead atoms. The first-order valence-electron chi connectivity index (χ1n) is 2.39. The largest absolute Gasteiger partial charge is 0.303 e. The molecule has 0 saturated carbocycles. The van der Waals surface area contributed by atoms with E-state index in [0.717, 1.165) is 0 Å². The highest BCUT2D eigenvalue weighted by atomic mass is 16.1. The van der Waals surface area contributed by atoms with Crippen LogP contribution in [0.15, 0.2) is 6.33 Å². The van der Waals surface area contributed by atoms with Crippen LogP contribution in [0.1, 0.15) is 0 Å². The number of aromatic nitrogens is 3. The van der Waals surface area contributed by atoms with E-state index in [-0.39, 0.29) is 0 Å². The van der Waals surface area contributed by atoms with Crippen molar-refractivity contribution in [3.05, 3.63) is 6.33 Å². The molecule has 0 aliphatic heterocycles. The highest BCUT2D eigenvalue weighted by Crippen LogP contribution is 1.93. The summed E-state index contributed by atoms with van der Waals surface area (Å²) in [6.45, 7) is 0. The van der Waals surface area contributed by atoms with E-state index >= 15 is 0 Å². The summed E-state index contributed by atoms with van der Waals surface area (Å²) >= 11 is 0. The van der Waals surface area contributed by atoms with Crippen LogP contribution in [0.2, 0.25) is 0 Å². The summed E-state index contributed by atoms with van der Waals surface area (Å²) in [4.78, 5) is 9.83. The molecule has 0 aliphatic rings. The minimum Gasteiger partial charge on any atom is -0.303 e. The molecule has 1 aromatic heterocycles. The van der Waals surface area contributed by atoms with Gasteiger partial charge in [-0.3, -0.25) is 10.1 Å². The summed E-state index contributed by atoms with van der Waals surface area (Å²) in [6.07, 6.45) is 2.07. The Hall–Kier alpha value is -1.39. The fourth-order valence-electron chi connectivity index (χ4n) is 0.467. The first kappa shape index (κ1) is 5.74. The number of amides is 1. The lowest BCUT2D eigenvalue weighted by atomic mass is 10.9. The molecule has 1 aromatic rings. The molecular weight excluding hydrogens is 120 g/mol. The number of carbonyl (C=O) groups is 1. The summed E-state index contributed by atoms with van der Waals surface area (Å²) in [5.41, 5.74) is 0.